The van der Waals surface area contributed by atoms with Crippen molar-refractivity contribution in [2.45, 2.75) is 47.0 Å². The van der Waals surface area contributed by atoms with Crippen LogP contribution in [0.15, 0.2) is 0 Å². The Balaban J connectivity index is 0. The number of ketones is 1. The van der Waals surface area contributed by atoms with Crippen molar-refractivity contribution >= 4 is 11.8 Å². The van der Waals surface area contributed by atoms with Gasteiger partial charge >= 0.3 is 5.97 Å². The molecule has 0 aromatic carbocycles. The first-order valence-electron chi connectivity index (χ1n) is 5.75. The van der Waals surface area contributed by atoms with Gasteiger partial charge < -0.3 is 14.3 Å². The van der Waals surface area contributed by atoms with E-state index in [2.05, 4.69) is 4.74 Å². The summed E-state index contributed by atoms with van der Waals surface area (Å²) >= 11 is 0. The summed E-state index contributed by atoms with van der Waals surface area (Å²) in [7, 11) is 0. The molecular weight excluding hydrogens is 208 g/mol. The first-order valence-corrected chi connectivity index (χ1v) is 5.75. The van der Waals surface area contributed by atoms with E-state index in [-0.39, 0.29) is 11.8 Å². The third-order valence-corrected chi connectivity index (χ3v) is 1.67. The topological polar surface area (TPSA) is 52.6 Å². The van der Waals surface area contributed by atoms with Crippen LogP contribution in [-0.2, 0) is 19.1 Å². The van der Waals surface area contributed by atoms with Crippen molar-refractivity contribution in [1.82, 2.24) is 0 Å². The predicted molar refractivity (Wildman–Crippen MR) is 63.3 cm³/mol. The maximum atomic E-state index is 9.82. The van der Waals surface area contributed by atoms with Crippen molar-refractivity contribution in [2.75, 3.05) is 19.8 Å². The lowest BCUT2D eigenvalue weighted by Crippen LogP contribution is -1.95. The number of carbonyl (C=O) groups is 2. The molecule has 0 aromatic heterocycles. The monoisotopic (exact) mass is 232 g/mol. The molecule has 1 heterocycles. The lowest BCUT2D eigenvalue weighted by molar-refractivity contribution is -0.140. The number of hydrogen-bond acceptors (Lipinski definition) is 4. The summed E-state index contributed by atoms with van der Waals surface area (Å²) in [5, 5.41) is 0. The van der Waals surface area contributed by atoms with Crippen LogP contribution < -0.4 is 0 Å². The normalized spacial score (nSPS) is 12.8. The Hall–Kier alpha value is -0.900. The van der Waals surface area contributed by atoms with E-state index < -0.39 is 0 Å². The molecule has 0 aromatic rings. The second-order valence-corrected chi connectivity index (χ2v) is 3.30. The van der Waals surface area contributed by atoms with E-state index in [0.29, 0.717) is 13.0 Å². The molecule has 0 N–H and O–H groups in total. The molecule has 16 heavy (non-hydrogen) atoms. The molecule has 0 spiro atoms. The first-order chi connectivity index (χ1) is 7.54. The highest BCUT2D eigenvalue weighted by atomic mass is 16.5. The largest absolute Gasteiger partial charge is 0.466 e. The Morgan fingerprint density at radius 1 is 1.12 bits per heavy atom. The summed E-state index contributed by atoms with van der Waals surface area (Å²) in [5.41, 5.74) is 0. The lowest BCUT2D eigenvalue weighted by Gasteiger charge is -1.89. The second kappa shape index (κ2) is 14.1. The third-order valence-electron chi connectivity index (χ3n) is 1.67. The summed E-state index contributed by atoms with van der Waals surface area (Å²) in [6.07, 6.45) is 3.22. The number of hydrogen-bond donors (Lipinski definition) is 0. The summed E-state index contributed by atoms with van der Waals surface area (Å²) < 4.78 is 9.35. The molecule has 1 saturated heterocycles. The molecule has 0 bridgehead atoms. The molecular formula is C12H24O4. The SMILES string of the molecule is C1CCOC1.CCC(C)=O.CCOC(C)=O. The standard InChI is InChI=1S/C4H8O2.2C4H8O/c1-3-6-4(2)5;1-2-4-5-3-1;1-3-4(2)5/h3H2,1-2H3;1-4H2;3H2,1-2H3. The molecule has 1 aliphatic heterocycles. The molecule has 0 radical (unpaired) electrons. The lowest BCUT2D eigenvalue weighted by atomic mass is 10.4. The molecule has 4 heteroatoms. The van der Waals surface area contributed by atoms with Gasteiger partial charge in [-0.3, -0.25) is 4.79 Å². The zero-order chi connectivity index (χ0) is 12.8. The van der Waals surface area contributed by atoms with Crippen LogP contribution in [0.25, 0.3) is 0 Å². The Bertz CT molecular complexity index is 166. The molecule has 0 saturated carbocycles. The minimum absolute atomic E-state index is 0.211. The van der Waals surface area contributed by atoms with Crippen molar-refractivity contribution in [2.24, 2.45) is 0 Å². The van der Waals surface area contributed by atoms with Crippen LogP contribution in [0.1, 0.15) is 47.0 Å². The molecule has 0 aliphatic carbocycles. The molecule has 0 atom stereocenters. The van der Waals surface area contributed by atoms with Crippen LogP contribution in [0, 0.1) is 0 Å². The molecule has 1 fully saturated rings. The second-order valence-electron chi connectivity index (χ2n) is 3.30. The zero-order valence-corrected chi connectivity index (χ0v) is 10.9. The number of rotatable bonds is 2. The van der Waals surface area contributed by atoms with Gasteiger partial charge in [-0.05, 0) is 26.7 Å². The maximum absolute atomic E-state index is 9.82. The minimum atomic E-state index is -0.211. The van der Waals surface area contributed by atoms with Gasteiger partial charge in [-0.2, -0.15) is 0 Å². The van der Waals surface area contributed by atoms with Crippen LogP contribution in [0.5, 0.6) is 0 Å². The number of Topliss-reactive ketones (excluding diaryl/α,β-unsaturated/α-hetero) is 1. The van der Waals surface area contributed by atoms with Crippen molar-refractivity contribution in [3.63, 3.8) is 0 Å². The number of carbonyl (C=O) groups excluding carboxylic acids is 2. The van der Waals surface area contributed by atoms with Gasteiger partial charge in [0.05, 0.1) is 6.61 Å². The van der Waals surface area contributed by atoms with Crippen LogP contribution >= 0.6 is 0 Å². The van der Waals surface area contributed by atoms with Crippen molar-refractivity contribution in [3.8, 4) is 0 Å². The summed E-state index contributed by atoms with van der Waals surface area (Å²) in [6, 6.07) is 0. The van der Waals surface area contributed by atoms with Gasteiger partial charge in [0.2, 0.25) is 0 Å². The van der Waals surface area contributed by atoms with Gasteiger partial charge in [-0.15, -0.1) is 0 Å². The number of ether oxygens (including phenoxy) is 2. The van der Waals surface area contributed by atoms with Gasteiger partial charge in [0.1, 0.15) is 5.78 Å². The van der Waals surface area contributed by atoms with E-state index in [1.165, 1.54) is 19.8 Å². The van der Waals surface area contributed by atoms with Crippen molar-refractivity contribution in [3.05, 3.63) is 0 Å². The highest BCUT2D eigenvalue weighted by Gasteiger charge is 1.94. The summed E-state index contributed by atoms with van der Waals surface area (Å²) in [4.78, 5) is 19.6. The van der Waals surface area contributed by atoms with Gasteiger partial charge in [0.25, 0.3) is 0 Å². The van der Waals surface area contributed by atoms with Gasteiger partial charge in [0.15, 0.2) is 0 Å². The zero-order valence-electron chi connectivity index (χ0n) is 10.9. The first kappa shape index (κ1) is 17.5. The predicted octanol–water partition coefficient (Wildman–Crippen LogP) is 2.35. The van der Waals surface area contributed by atoms with Crippen LogP contribution in [-0.4, -0.2) is 31.6 Å². The molecule has 4 nitrogen and oxygen atoms in total. The van der Waals surface area contributed by atoms with Crippen molar-refractivity contribution < 1.29 is 19.1 Å². The van der Waals surface area contributed by atoms with E-state index in [1.807, 2.05) is 6.92 Å². The Morgan fingerprint density at radius 3 is 1.62 bits per heavy atom. The van der Waals surface area contributed by atoms with E-state index in [0.717, 1.165) is 13.2 Å². The Labute approximate surface area is 98.3 Å². The van der Waals surface area contributed by atoms with Gasteiger partial charge in [-0.25, -0.2) is 0 Å². The number of esters is 1. The van der Waals surface area contributed by atoms with E-state index in [9.17, 15) is 9.59 Å². The van der Waals surface area contributed by atoms with Gasteiger partial charge in [-0.1, -0.05) is 6.92 Å². The fourth-order valence-electron chi connectivity index (χ4n) is 0.714. The van der Waals surface area contributed by atoms with Crippen molar-refractivity contribution in [1.29, 1.82) is 0 Å². The average molecular weight is 232 g/mol. The molecule has 0 amide bonds. The molecule has 1 rings (SSSR count). The maximum Gasteiger partial charge on any atom is 0.302 e. The Kier molecular flexibility index (Phi) is 15.4. The summed E-state index contributed by atoms with van der Waals surface area (Å²) in [5.74, 6) is 0.0440. The van der Waals surface area contributed by atoms with Crippen LogP contribution in [0.2, 0.25) is 0 Å². The van der Waals surface area contributed by atoms with Crippen LogP contribution in [0.3, 0.4) is 0 Å². The third kappa shape index (κ3) is 23.2. The van der Waals surface area contributed by atoms with E-state index in [4.69, 9.17) is 4.74 Å². The van der Waals surface area contributed by atoms with Crippen LogP contribution in [0.4, 0.5) is 0 Å². The minimum Gasteiger partial charge on any atom is -0.466 e. The molecule has 0 unspecified atom stereocenters. The molecule has 1 aliphatic rings. The van der Waals surface area contributed by atoms with E-state index >= 15 is 0 Å². The smallest absolute Gasteiger partial charge is 0.302 e. The van der Waals surface area contributed by atoms with E-state index in [1.54, 1.807) is 13.8 Å². The summed E-state index contributed by atoms with van der Waals surface area (Å²) in [6.45, 7) is 9.09. The fourth-order valence-corrected chi connectivity index (χ4v) is 0.714. The quantitative estimate of drug-likeness (QED) is 0.686. The highest BCUT2D eigenvalue weighted by Crippen LogP contribution is 1.98. The highest BCUT2D eigenvalue weighted by molar-refractivity contribution is 5.74. The van der Waals surface area contributed by atoms with Gasteiger partial charge in [0, 0.05) is 26.6 Å². The average Bonchev–Trinajstić information content (AvgIpc) is 2.76. The molecule has 96 valence electrons. The fraction of sp³-hybridized carbons (Fsp3) is 0.833. The Morgan fingerprint density at radius 2 is 1.56 bits per heavy atom.